The normalized spacial score (nSPS) is 45.5. The number of fused-ring (bicyclic) bond motifs is 2. The van der Waals surface area contributed by atoms with E-state index >= 15 is 0 Å². The Bertz CT molecular complexity index is 709. The van der Waals surface area contributed by atoms with Crippen molar-refractivity contribution in [2.75, 3.05) is 46.0 Å². The summed E-state index contributed by atoms with van der Waals surface area (Å²) in [7, 11) is 0. The zero-order chi connectivity index (χ0) is 24.6. The Kier molecular flexibility index (Phi) is 8.09. The van der Waals surface area contributed by atoms with Gasteiger partial charge in [-0.05, 0) is 64.5 Å². The minimum atomic E-state index is -0.790. The van der Waals surface area contributed by atoms with E-state index in [1.165, 1.54) is 0 Å². The van der Waals surface area contributed by atoms with E-state index in [9.17, 15) is 5.11 Å². The number of hydrogen-bond acceptors (Lipinski definition) is 9. The smallest absolute Gasteiger partial charge is 0.201 e. The average Bonchev–Trinajstić information content (AvgIpc) is 3.09. The molecule has 3 unspecified atom stereocenters. The van der Waals surface area contributed by atoms with Gasteiger partial charge in [-0.15, -0.1) is 0 Å². The van der Waals surface area contributed by atoms with Gasteiger partial charge in [0.2, 0.25) is 5.79 Å². The van der Waals surface area contributed by atoms with Gasteiger partial charge in [-0.2, -0.15) is 0 Å². The van der Waals surface area contributed by atoms with Crippen molar-refractivity contribution < 1.29 is 33.8 Å². The van der Waals surface area contributed by atoms with Gasteiger partial charge in [0.1, 0.15) is 0 Å². The first-order valence-corrected chi connectivity index (χ1v) is 13.9. The molecular weight excluding hydrogens is 452 g/mol. The first kappa shape index (κ1) is 26.3. The summed E-state index contributed by atoms with van der Waals surface area (Å²) < 4.78 is 24.5. The van der Waals surface area contributed by atoms with Crippen LogP contribution in [0.4, 0.5) is 0 Å². The zero-order valence-corrected chi connectivity index (χ0v) is 21.9. The van der Waals surface area contributed by atoms with Gasteiger partial charge in [0.15, 0.2) is 18.2 Å². The number of aliphatic hydroxyl groups is 1. The maximum atomic E-state index is 10.8. The second kappa shape index (κ2) is 10.8. The molecule has 202 valence electrons. The van der Waals surface area contributed by atoms with Crippen molar-refractivity contribution in [2.45, 2.75) is 95.9 Å². The second-order valence-electron chi connectivity index (χ2n) is 11.7. The number of aliphatic hydroxyl groups excluding tert-OH is 1. The van der Waals surface area contributed by atoms with Crippen molar-refractivity contribution in [1.29, 1.82) is 0 Å². The predicted molar refractivity (Wildman–Crippen MR) is 128 cm³/mol. The fourth-order valence-electron chi connectivity index (χ4n) is 6.99. The van der Waals surface area contributed by atoms with Crippen LogP contribution in [0.3, 0.4) is 0 Å². The molecule has 10 atom stereocenters. The molecule has 1 saturated carbocycles. The highest BCUT2D eigenvalue weighted by atomic mass is 17.3. The summed E-state index contributed by atoms with van der Waals surface area (Å²) in [5.41, 5.74) is -0.582. The molecule has 0 radical (unpaired) electrons. The van der Waals surface area contributed by atoms with Crippen LogP contribution in [0, 0.1) is 23.7 Å². The monoisotopic (exact) mass is 498 g/mol. The van der Waals surface area contributed by atoms with Gasteiger partial charge < -0.3 is 29.4 Å². The molecule has 6 aliphatic rings. The van der Waals surface area contributed by atoms with Gasteiger partial charge in [-0.3, -0.25) is 4.90 Å². The van der Waals surface area contributed by atoms with Crippen molar-refractivity contribution in [3.8, 4) is 0 Å². The SMILES string of the molecule is CC(NCCCN1CCOCC1)C(O)COC1O[C@@H]2O[C@]3(C)CC[C@H]4[C@H](C)CC[C@@H]([C@H]1C)[C@@]24OO3. The second-order valence-corrected chi connectivity index (χ2v) is 11.7. The van der Waals surface area contributed by atoms with E-state index in [1.807, 2.05) is 13.8 Å². The van der Waals surface area contributed by atoms with Crippen LogP contribution in [-0.2, 0) is 28.7 Å². The topological polar surface area (TPSA) is 90.9 Å². The molecule has 5 aliphatic heterocycles. The maximum absolute atomic E-state index is 10.8. The summed E-state index contributed by atoms with van der Waals surface area (Å²) in [5, 5.41) is 14.2. The molecule has 35 heavy (non-hydrogen) atoms. The van der Waals surface area contributed by atoms with Gasteiger partial charge >= 0.3 is 0 Å². The lowest BCUT2D eigenvalue weighted by Gasteiger charge is -2.60. The summed E-state index contributed by atoms with van der Waals surface area (Å²) in [4.78, 5) is 14.5. The lowest BCUT2D eigenvalue weighted by molar-refractivity contribution is -0.577. The highest BCUT2D eigenvalue weighted by Gasteiger charge is 2.69. The largest absolute Gasteiger partial charge is 0.389 e. The van der Waals surface area contributed by atoms with Crippen LogP contribution in [0.5, 0.6) is 0 Å². The molecule has 9 heteroatoms. The number of nitrogens with one attached hydrogen (secondary N) is 1. The van der Waals surface area contributed by atoms with E-state index in [2.05, 4.69) is 24.1 Å². The number of rotatable bonds is 9. The van der Waals surface area contributed by atoms with Gasteiger partial charge in [-0.1, -0.05) is 13.8 Å². The van der Waals surface area contributed by atoms with Crippen molar-refractivity contribution in [1.82, 2.24) is 10.2 Å². The van der Waals surface area contributed by atoms with Crippen LogP contribution in [0.15, 0.2) is 0 Å². The van der Waals surface area contributed by atoms with Crippen LogP contribution in [0.1, 0.15) is 59.8 Å². The van der Waals surface area contributed by atoms with Crippen molar-refractivity contribution in [3.05, 3.63) is 0 Å². The van der Waals surface area contributed by atoms with Crippen LogP contribution >= 0.6 is 0 Å². The summed E-state index contributed by atoms with van der Waals surface area (Å²) >= 11 is 0. The highest BCUT2D eigenvalue weighted by Crippen LogP contribution is 2.60. The first-order valence-electron chi connectivity index (χ1n) is 13.9. The lowest BCUT2D eigenvalue weighted by atomic mass is 9.58. The predicted octanol–water partition coefficient (Wildman–Crippen LogP) is 2.27. The number of ether oxygens (including phenoxy) is 4. The number of nitrogens with zero attached hydrogens (tertiary/aromatic N) is 1. The van der Waals surface area contributed by atoms with Crippen LogP contribution in [0.2, 0.25) is 0 Å². The molecule has 2 bridgehead atoms. The molecule has 0 aromatic heterocycles. The summed E-state index contributed by atoms with van der Waals surface area (Å²) in [6, 6.07) is -0.0642. The Hall–Kier alpha value is -0.360. The summed E-state index contributed by atoms with van der Waals surface area (Å²) in [6.07, 6.45) is 3.47. The fourth-order valence-corrected chi connectivity index (χ4v) is 6.99. The Labute approximate surface area is 210 Å². The Morgan fingerprint density at radius 2 is 1.91 bits per heavy atom. The third-order valence-electron chi connectivity index (χ3n) is 9.33. The molecular formula is C26H46N2O7. The molecule has 5 heterocycles. The van der Waals surface area contributed by atoms with E-state index < -0.39 is 30.1 Å². The molecule has 1 aliphatic carbocycles. The molecule has 0 aromatic rings. The Morgan fingerprint density at radius 3 is 2.71 bits per heavy atom. The standard InChI is InChI=1S/C26H46N2O7/c1-17-6-7-21-18(2)23(32-24-26(21)20(17)8-9-25(4,33-24)34-35-26)31-16-22(29)19(3)27-10-5-11-28-12-14-30-15-13-28/h17-24,27,29H,5-16H2,1-4H3/t17-,18-,19?,20+,21+,22?,23?,24-,25+,26-/m1/s1. The number of morpholine rings is 1. The molecule has 0 amide bonds. The molecule has 5 saturated heterocycles. The number of hydrogen-bond donors (Lipinski definition) is 2. The van der Waals surface area contributed by atoms with E-state index in [-0.39, 0.29) is 24.5 Å². The van der Waals surface area contributed by atoms with Crippen molar-refractivity contribution in [3.63, 3.8) is 0 Å². The van der Waals surface area contributed by atoms with Crippen molar-refractivity contribution in [2.24, 2.45) is 23.7 Å². The molecule has 2 N–H and O–H groups in total. The minimum Gasteiger partial charge on any atom is -0.389 e. The zero-order valence-electron chi connectivity index (χ0n) is 21.9. The van der Waals surface area contributed by atoms with E-state index in [0.29, 0.717) is 11.8 Å². The summed E-state index contributed by atoms with van der Waals surface area (Å²) in [6.45, 7) is 14.2. The van der Waals surface area contributed by atoms with Gasteiger partial charge in [-0.25, -0.2) is 9.78 Å². The molecule has 1 spiro atoms. The van der Waals surface area contributed by atoms with Gasteiger partial charge in [0, 0.05) is 37.4 Å². The Balaban J connectivity index is 1.13. The lowest BCUT2D eigenvalue weighted by Crippen LogP contribution is -2.70. The third-order valence-corrected chi connectivity index (χ3v) is 9.33. The van der Waals surface area contributed by atoms with E-state index in [0.717, 1.165) is 71.5 Å². The maximum Gasteiger partial charge on any atom is 0.201 e. The van der Waals surface area contributed by atoms with Crippen molar-refractivity contribution >= 4 is 0 Å². The molecule has 6 rings (SSSR count). The van der Waals surface area contributed by atoms with Crippen LogP contribution in [-0.4, -0.2) is 92.1 Å². The van der Waals surface area contributed by atoms with E-state index in [4.69, 9.17) is 28.7 Å². The quantitative estimate of drug-likeness (QED) is 0.367. The summed E-state index contributed by atoms with van der Waals surface area (Å²) in [5.74, 6) is 0.419. The fraction of sp³-hybridized carbons (Fsp3) is 1.00. The molecule has 9 nitrogen and oxygen atoms in total. The van der Waals surface area contributed by atoms with Crippen LogP contribution < -0.4 is 5.32 Å². The highest BCUT2D eigenvalue weighted by molar-refractivity contribution is 5.09. The van der Waals surface area contributed by atoms with Crippen LogP contribution in [0.25, 0.3) is 0 Å². The van der Waals surface area contributed by atoms with Gasteiger partial charge in [0.25, 0.3) is 0 Å². The Morgan fingerprint density at radius 1 is 1.11 bits per heavy atom. The molecule has 6 fully saturated rings. The van der Waals surface area contributed by atoms with Gasteiger partial charge in [0.05, 0.1) is 25.9 Å². The third kappa shape index (κ3) is 5.18. The molecule has 0 aromatic carbocycles. The first-order chi connectivity index (χ1) is 16.8. The minimum absolute atomic E-state index is 0.0642. The average molecular weight is 499 g/mol. The van der Waals surface area contributed by atoms with E-state index in [1.54, 1.807) is 0 Å².